The maximum atomic E-state index is 8.49. The van der Waals surface area contributed by atoms with Gasteiger partial charge >= 0.3 is 0 Å². The van der Waals surface area contributed by atoms with Crippen LogP contribution >= 0.6 is 11.6 Å². The lowest BCUT2D eigenvalue weighted by molar-refractivity contribution is 1.46. The Morgan fingerprint density at radius 3 is 2.70 bits per heavy atom. The van der Waals surface area contributed by atoms with E-state index in [0.29, 0.717) is 16.1 Å². The van der Waals surface area contributed by atoms with Crippen molar-refractivity contribution in [2.45, 2.75) is 0 Å². The predicted molar refractivity (Wildman–Crippen MR) is 40.6 cm³/mol. The van der Waals surface area contributed by atoms with Gasteiger partial charge in [-0.25, -0.2) is 0 Å². The van der Waals surface area contributed by atoms with Crippen LogP contribution in [0.2, 0.25) is 5.02 Å². The molecular formula is C8H5ClN. The van der Waals surface area contributed by atoms with Crippen molar-refractivity contribution >= 4 is 11.6 Å². The van der Waals surface area contributed by atoms with Gasteiger partial charge in [0.2, 0.25) is 0 Å². The second kappa shape index (κ2) is 2.72. The quantitative estimate of drug-likeness (QED) is 0.557. The van der Waals surface area contributed by atoms with E-state index in [1.165, 1.54) is 0 Å². The topological polar surface area (TPSA) is 23.8 Å². The van der Waals surface area contributed by atoms with Gasteiger partial charge in [0.25, 0.3) is 0 Å². The Bertz CT molecular complexity index is 286. The number of hydrogen-bond donors (Lipinski definition) is 0. The Balaban J connectivity index is 3.25. The SMILES string of the molecule is [CH2]c1ccc(Cl)cc1C#N. The first kappa shape index (κ1) is 7.11. The Morgan fingerprint density at radius 1 is 1.50 bits per heavy atom. The summed E-state index contributed by atoms with van der Waals surface area (Å²) in [7, 11) is 0. The van der Waals surface area contributed by atoms with Crippen LogP contribution in [-0.4, -0.2) is 0 Å². The molecule has 0 bridgehead atoms. The third-order valence-electron chi connectivity index (χ3n) is 1.19. The smallest absolute Gasteiger partial charge is 0.0995 e. The lowest BCUT2D eigenvalue weighted by Crippen LogP contribution is -1.79. The van der Waals surface area contributed by atoms with Crippen molar-refractivity contribution in [2.75, 3.05) is 0 Å². The summed E-state index contributed by atoms with van der Waals surface area (Å²) in [6.45, 7) is 3.65. The highest BCUT2D eigenvalue weighted by molar-refractivity contribution is 6.30. The molecule has 0 saturated carbocycles. The summed E-state index contributed by atoms with van der Waals surface area (Å²) in [5.41, 5.74) is 1.25. The van der Waals surface area contributed by atoms with Gasteiger partial charge in [-0.2, -0.15) is 5.26 Å². The zero-order valence-electron chi connectivity index (χ0n) is 5.26. The van der Waals surface area contributed by atoms with E-state index in [-0.39, 0.29) is 0 Å². The van der Waals surface area contributed by atoms with E-state index in [2.05, 4.69) is 6.92 Å². The largest absolute Gasteiger partial charge is 0.192 e. The maximum Gasteiger partial charge on any atom is 0.0995 e. The van der Waals surface area contributed by atoms with E-state index in [9.17, 15) is 0 Å². The van der Waals surface area contributed by atoms with Crippen LogP contribution < -0.4 is 0 Å². The van der Waals surface area contributed by atoms with Crippen LogP contribution in [0.3, 0.4) is 0 Å². The standard InChI is InChI=1S/C8H5ClN/c1-6-2-3-8(9)4-7(6)5-10/h2-4H,1H2. The molecule has 1 radical (unpaired) electrons. The monoisotopic (exact) mass is 150 g/mol. The van der Waals surface area contributed by atoms with E-state index >= 15 is 0 Å². The van der Waals surface area contributed by atoms with Crippen molar-refractivity contribution < 1.29 is 0 Å². The number of nitriles is 1. The molecular weight excluding hydrogens is 146 g/mol. The van der Waals surface area contributed by atoms with E-state index in [4.69, 9.17) is 16.9 Å². The molecule has 0 heterocycles. The Kier molecular flexibility index (Phi) is 1.94. The summed E-state index contributed by atoms with van der Waals surface area (Å²) in [4.78, 5) is 0. The van der Waals surface area contributed by atoms with Gasteiger partial charge in [0.05, 0.1) is 11.6 Å². The van der Waals surface area contributed by atoms with E-state index in [1.54, 1.807) is 18.2 Å². The Labute approximate surface area is 64.9 Å². The van der Waals surface area contributed by atoms with Crippen molar-refractivity contribution in [1.29, 1.82) is 5.26 Å². The molecule has 0 aliphatic rings. The van der Waals surface area contributed by atoms with Crippen LogP contribution in [0.4, 0.5) is 0 Å². The minimum Gasteiger partial charge on any atom is -0.192 e. The van der Waals surface area contributed by atoms with Crippen LogP contribution in [0.5, 0.6) is 0 Å². The summed E-state index contributed by atoms with van der Waals surface area (Å²) < 4.78 is 0. The Morgan fingerprint density at radius 2 is 2.20 bits per heavy atom. The highest BCUT2D eigenvalue weighted by Gasteiger charge is 1.95. The zero-order valence-corrected chi connectivity index (χ0v) is 6.02. The first-order valence-corrected chi connectivity index (χ1v) is 3.13. The average Bonchev–Trinajstić information content (AvgIpc) is 1.94. The highest BCUT2D eigenvalue weighted by Crippen LogP contribution is 2.13. The number of rotatable bonds is 0. The molecule has 0 fully saturated rings. The molecule has 0 unspecified atom stereocenters. The fraction of sp³-hybridized carbons (Fsp3) is 0. The molecule has 10 heavy (non-hydrogen) atoms. The average molecular weight is 151 g/mol. The number of benzene rings is 1. The molecule has 0 N–H and O–H groups in total. The molecule has 0 aliphatic heterocycles. The van der Waals surface area contributed by atoms with Gasteiger partial charge in [-0.15, -0.1) is 0 Å². The molecule has 1 nitrogen and oxygen atoms in total. The van der Waals surface area contributed by atoms with Crippen LogP contribution in [0.1, 0.15) is 11.1 Å². The van der Waals surface area contributed by atoms with E-state index < -0.39 is 0 Å². The van der Waals surface area contributed by atoms with Crippen LogP contribution in [-0.2, 0) is 0 Å². The number of hydrogen-bond acceptors (Lipinski definition) is 1. The third kappa shape index (κ3) is 1.29. The predicted octanol–water partition coefficient (Wildman–Crippen LogP) is 2.39. The molecule has 0 aliphatic carbocycles. The second-order valence-corrected chi connectivity index (χ2v) is 2.35. The molecule has 0 amide bonds. The van der Waals surface area contributed by atoms with Crippen molar-refractivity contribution in [2.24, 2.45) is 0 Å². The first-order chi connectivity index (χ1) is 4.74. The molecule has 0 aromatic heterocycles. The Hall–Kier alpha value is -1.00. The summed E-state index contributed by atoms with van der Waals surface area (Å²) >= 11 is 5.62. The van der Waals surface area contributed by atoms with Gasteiger partial charge in [0, 0.05) is 5.02 Å². The van der Waals surface area contributed by atoms with Gasteiger partial charge in [0.15, 0.2) is 0 Å². The van der Waals surface area contributed by atoms with Crippen molar-refractivity contribution in [1.82, 2.24) is 0 Å². The lowest BCUT2D eigenvalue weighted by Gasteiger charge is -1.94. The van der Waals surface area contributed by atoms with Crippen molar-refractivity contribution in [3.8, 4) is 6.07 Å². The number of halogens is 1. The summed E-state index contributed by atoms with van der Waals surface area (Å²) in [5.74, 6) is 0. The molecule has 1 aromatic carbocycles. The molecule has 1 rings (SSSR count). The van der Waals surface area contributed by atoms with Crippen molar-refractivity contribution in [3.63, 3.8) is 0 Å². The van der Waals surface area contributed by atoms with Gasteiger partial charge in [-0.1, -0.05) is 17.7 Å². The lowest BCUT2D eigenvalue weighted by atomic mass is 10.1. The van der Waals surface area contributed by atoms with Gasteiger partial charge in [0.1, 0.15) is 0 Å². The third-order valence-corrected chi connectivity index (χ3v) is 1.43. The van der Waals surface area contributed by atoms with Gasteiger partial charge in [-0.3, -0.25) is 0 Å². The maximum absolute atomic E-state index is 8.49. The zero-order chi connectivity index (χ0) is 7.56. The van der Waals surface area contributed by atoms with Crippen LogP contribution in [0.25, 0.3) is 0 Å². The highest BCUT2D eigenvalue weighted by atomic mass is 35.5. The van der Waals surface area contributed by atoms with Gasteiger partial charge < -0.3 is 0 Å². The molecule has 1 aromatic rings. The van der Waals surface area contributed by atoms with Gasteiger partial charge in [-0.05, 0) is 24.6 Å². The summed E-state index contributed by atoms with van der Waals surface area (Å²) in [5, 5.41) is 9.07. The normalized spacial score (nSPS) is 8.90. The number of nitrogens with zero attached hydrogens (tertiary/aromatic N) is 1. The van der Waals surface area contributed by atoms with E-state index in [0.717, 1.165) is 0 Å². The molecule has 49 valence electrons. The molecule has 0 spiro atoms. The second-order valence-electron chi connectivity index (χ2n) is 1.91. The summed E-state index contributed by atoms with van der Waals surface area (Å²) in [6, 6.07) is 7.03. The van der Waals surface area contributed by atoms with Crippen LogP contribution in [0, 0.1) is 18.3 Å². The van der Waals surface area contributed by atoms with E-state index in [1.807, 2.05) is 6.07 Å². The molecule has 2 heteroatoms. The fourth-order valence-corrected chi connectivity index (χ4v) is 0.825. The molecule has 0 atom stereocenters. The minimum atomic E-state index is 0.535. The van der Waals surface area contributed by atoms with Crippen molar-refractivity contribution in [3.05, 3.63) is 41.3 Å². The fourth-order valence-electron chi connectivity index (χ4n) is 0.653. The minimum absolute atomic E-state index is 0.535. The molecule has 0 saturated heterocycles. The van der Waals surface area contributed by atoms with Crippen LogP contribution in [0.15, 0.2) is 18.2 Å². The first-order valence-electron chi connectivity index (χ1n) is 2.75. The summed E-state index contributed by atoms with van der Waals surface area (Å²) in [6.07, 6.45) is 0.